The number of nitrogens with zero attached hydrogens (tertiary/aromatic N) is 1. The van der Waals surface area contributed by atoms with Gasteiger partial charge in [-0.2, -0.15) is 0 Å². The van der Waals surface area contributed by atoms with Crippen molar-refractivity contribution in [3.63, 3.8) is 0 Å². The average molecular weight is 396 g/mol. The standard InChI is InChI=1S/C26H24N2O2/c29-26(19-23-18-25(30-28-23)22-14-8-3-9-15-22)27-17-16-24(20-10-4-1-5-11-20)21-12-6-2-7-13-21/h1-15,18,24H,16-17,19H2,(H,27,29). The molecule has 0 unspecified atom stereocenters. The van der Waals surface area contributed by atoms with Crippen molar-refractivity contribution >= 4 is 5.91 Å². The molecule has 0 aliphatic heterocycles. The van der Waals surface area contributed by atoms with E-state index in [-0.39, 0.29) is 18.2 Å². The molecule has 0 atom stereocenters. The molecule has 4 aromatic rings. The van der Waals surface area contributed by atoms with Crippen molar-refractivity contribution in [3.8, 4) is 11.3 Å². The first-order valence-electron chi connectivity index (χ1n) is 10.2. The molecule has 4 rings (SSSR count). The van der Waals surface area contributed by atoms with Gasteiger partial charge < -0.3 is 9.84 Å². The Labute approximate surface area is 176 Å². The zero-order valence-electron chi connectivity index (χ0n) is 16.7. The summed E-state index contributed by atoms with van der Waals surface area (Å²) in [5.41, 5.74) is 4.09. The number of aromatic nitrogens is 1. The maximum atomic E-state index is 12.4. The van der Waals surface area contributed by atoms with Gasteiger partial charge >= 0.3 is 0 Å². The highest BCUT2D eigenvalue weighted by Crippen LogP contribution is 2.27. The zero-order chi connectivity index (χ0) is 20.6. The summed E-state index contributed by atoms with van der Waals surface area (Å²) in [7, 11) is 0. The summed E-state index contributed by atoms with van der Waals surface area (Å²) in [6, 6.07) is 32.4. The van der Waals surface area contributed by atoms with Gasteiger partial charge in [-0.05, 0) is 17.5 Å². The van der Waals surface area contributed by atoms with E-state index in [1.54, 1.807) is 0 Å². The molecule has 1 amide bonds. The molecule has 4 nitrogen and oxygen atoms in total. The van der Waals surface area contributed by atoms with E-state index >= 15 is 0 Å². The number of amides is 1. The third kappa shape index (κ3) is 5.03. The Morgan fingerprint density at radius 3 is 2.00 bits per heavy atom. The van der Waals surface area contributed by atoms with Gasteiger partial charge in [0.1, 0.15) is 0 Å². The Morgan fingerprint density at radius 1 is 0.833 bits per heavy atom. The maximum Gasteiger partial charge on any atom is 0.226 e. The molecule has 150 valence electrons. The maximum absolute atomic E-state index is 12.4. The van der Waals surface area contributed by atoms with Gasteiger partial charge in [0.2, 0.25) is 5.91 Å². The third-order valence-corrected chi connectivity index (χ3v) is 5.12. The lowest BCUT2D eigenvalue weighted by atomic mass is 9.88. The van der Waals surface area contributed by atoms with E-state index in [2.05, 4.69) is 59.0 Å². The van der Waals surface area contributed by atoms with Gasteiger partial charge in [-0.1, -0.05) is 96.2 Å². The van der Waals surface area contributed by atoms with Crippen molar-refractivity contribution in [1.29, 1.82) is 0 Å². The van der Waals surface area contributed by atoms with E-state index in [9.17, 15) is 4.79 Å². The summed E-state index contributed by atoms with van der Waals surface area (Å²) < 4.78 is 5.38. The number of benzene rings is 3. The topological polar surface area (TPSA) is 55.1 Å². The van der Waals surface area contributed by atoms with E-state index in [1.165, 1.54) is 11.1 Å². The Balaban J connectivity index is 1.35. The minimum Gasteiger partial charge on any atom is -0.356 e. The van der Waals surface area contributed by atoms with Crippen molar-refractivity contribution in [3.05, 3.63) is 114 Å². The molecule has 3 aromatic carbocycles. The van der Waals surface area contributed by atoms with Crippen LogP contribution in [0.4, 0.5) is 0 Å². The van der Waals surface area contributed by atoms with Crippen LogP contribution in [0.25, 0.3) is 11.3 Å². The highest BCUT2D eigenvalue weighted by molar-refractivity contribution is 5.78. The smallest absolute Gasteiger partial charge is 0.226 e. The van der Waals surface area contributed by atoms with Crippen LogP contribution in [-0.4, -0.2) is 17.6 Å². The fourth-order valence-corrected chi connectivity index (χ4v) is 3.61. The second-order valence-electron chi connectivity index (χ2n) is 7.24. The predicted octanol–water partition coefficient (Wildman–Crippen LogP) is 5.22. The van der Waals surface area contributed by atoms with Crippen molar-refractivity contribution in [1.82, 2.24) is 10.5 Å². The van der Waals surface area contributed by atoms with Crippen LogP contribution in [-0.2, 0) is 11.2 Å². The number of carbonyl (C=O) groups is 1. The van der Waals surface area contributed by atoms with Crippen LogP contribution in [0, 0.1) is 0 Å². The van der Waals surface area contributed by atoms with E-state index in [0.29, 0.717) is 18.0 Å². The quantitative estimate of drug-likeness (QED) is 0.444. The van der Waals surface area contributed by atoms with Crippen LogP contribution in [0.5, 0.6) is 0 Å². The van der Waals surface area contributed by atoms with E-state index in [0.717, 1.165) is 12.0 Å². The first-order chi connectivity index (χ1) is 14.8. The fraction of sp³-hybridized carbons (Fsp3) is 0.154. The van der Waals surface area contributed by atoms with Gasteiger partial charge in [0.25, 0.3) is 0 Å². The second kappa shape index (κ2) is 9.70. The summed E-state index contributed by atoms with van der Waals surface area (Å²) >= 11 is 0. The number of rotatable bonds is 8. The summed E-state index contributed by atoms with van der Waals surface area (Å²) in [6.45, 7) is 0.594. The van der Waals surface area contributed by atoms with Crippen LogP contribution in [0.1, 0.15) is 29.2 Å². The molecule has 0 saturated carbocycles. The fourth-order valence-electron chi connectivity index (χ4n) is 3.61. The Bertz CT molecular complexity index is 1020. The van der Waals surface area contributed by atoms with Crippen molar-refractivity contribution in [2.24, 2.45) is 0 Å². The molecular formula is C26H24N2O2. The molecule has 1 heterocycles. The SMILES string of the molecule is O=C(Cc1cc(-c2ccccc2)on1)NCCC(c1ccccc1)c1ccccc1. The molecular weight excluding hydrogens is 372 g/mol. The van der Waals surface area contributed by atoms with Gasteiger partial charge in [-0.25, -0.2) is 0 Å². The van der Waals surface area contributed by atoms with Crippen LogP contribution in [0.15, 0.2) is 102 Å². The van der Waals surface area contributed by atoms with Crippen LogP contribution < -0.4 is 5.32 Å². The van der Waals surface area contributed by atoms with Crippen LogP contribution in [0.2, 0.25) is 0 Å². The average Bonchev–Trinajstić information content (AvgIpc) is 3.27. The molecule has 0 fully saturated rings. The normalized spacial score (nSPS) is 10.8. The lowest BCUT2D eigenvalue weighted by Crippen LogP contribution is -2.27. The zero-order valence-corrected chi connectivity index (χ0v) is 16.7. The number of nitrogens with one attached hydrogen (secondary N) is 1. The lowest BCUT2D eigenvalue weighted by molar-refractivity contribution is -0.120. The van der Waals surface area contributed by atoms with Gasteiger partial charge in [0.05, 0.1) is 12.1 Å². The summed E-state index contributed by atoms with van der Waals surface area (Å²) in [5, 5.41) is 7.06. The van der Waals surface area contributed by atoms with Crippen molar-refractivity contribution in [2.75, 3.05) is 6.54 Å². The Morgan fingerprint density at radius 2 is 1.40 bits per heavy atom. The largest absolute Gasteiger partial charge is 0.356 e. The predicted molar refractivity (Wildman–Crippen MR) is 118 cm³/mol. The van der Waals surface area contributed by atoms with Crippen LogP contribution in [0.3, 0.4) is 0 Å². The van der Waals surface area contributed by atoms with Crippen molar-refractivity contribution in [2.45, 2.75) is 18.8 Å². The molecule has 30 heavy (non-hydrogen) atoms. The molecule has 1 aromatic heterocycles. The van der Waals surface area contributed by atoms with Gasteiger partial charge in [-0.15, -0.1) is 0 Å². The molecule has 1 N–H and O–H groups in total. The third-order valence-electron chi connectivity index (χ3n) is 5.12. The summed E-state index contributed by atoms with van der Waals surface area (Å²) in [4.78, 5) is 12.4. The molecule has 0 aliphatic carbocycles. The van der Waals surface area contributed by atoms with E-state index in [1.807, 2.05) is 48.5 Å². The van der Waals surface area contributed by atoms with Crippen LogP contribution >= 0.6 is 0 Å². The lowest BCUT2D eigenvalue weighted by Gasteiger charge is -2.18. The Hall–Kier alpha value is -3.66. The molecule has 0 bridgehead atoms. The molecule has 4 heteroatoms. The first-order valence-corrected chi connectivity index (χ1v) is 10.2. The molecule has 0 spiro atoms. The van der Waals surface area contributed by atoms with Gasteiger partial charge in [0, 0.05) is 24.1 Å². The second-order valence-corrected chi connectivity index (χ2v) is 7.24. The number of hydrogen-bond acceptors (Lipinski definition) is 3. The monoisotopic (exact) mass is 396 g/mol. The minimum atomic E-state index is -0.0530. The van der Waals surface area contributed by atoms with Gasteiger partial charge in [-0.3, -0.25) is 4.79 Å². The number of carbonyl (C=O) groups excluding carboxylic acids is 1. The van der Waals surface area contributed by atoms with E-state index < -0.39 is 0 Å². The summed E-state index contributed by atoms with van der Waals surface area (Å²) in [6.07, 6.45) is 1.03. The summed E-state index contributed by atoms with van der Waals surface area (Å²) in [5.74, 6) is 0.860. The molecule has 0 saturated heterocycles. The highest BCUT2D eigenvalue weighted by Gasteiger charge is 2.15. The number of hydrogen-bond donors (Lipinski definition) is 1. The van der Waals surface area contributed by atoms with Gasteiger partial charge in [0.15, 0.2) is 5.76 Å². The Kier molecular flexibility index (Phi) is 6.35. The van der Waals surface area contributed by atoms with E-state index in [4.69, 9.17) is 4.52 Å². The first kappa shape index (κ1) is 19.6. The molecule has 0 aliphatic rings. The minimum absolute atomic E-state index is 0.0530. The highest BCUT2D eigenvalue weighted by atomic mass is 16.5. The molecule has 0 radical (unpaired) electrons. The van der Waals surface area contributed by atoms with Crippen molar-refractivity contribution < 1.29 is 9.32 Å².